The van der Waals surface area contributed by atoms with E-state index in [4.69, 9.17) is 4.99 Å². The van der Waals surface area contributed by atoms with Gasteiger partial charge in [-0.05, 0) is 18.6 Å². The Hall–Kier alpha value is -3.42. The number of nitrogens with zero attached hydrogens (tertiary/aromatic N) is 6. The zero-order valence-electron chi connectivity index (χ0n) is 16.6. The number of hydrogen-bond donors (Lipinski definition) is 2. The Balaban J connectivity index is 1.39. The van der Waals surface area contributed by atoms with Crippen LogP contribution in [0.3, 0.4) is 0 Å². The average Bonchev–Trinajstić information content (AvgIpc) is 3.27. The molecule has 0 amide bonds. The first-order valence-electron chi connectivity index (χ1n) is 9.98. The predicted octanol–water partition coefficient (Wildman–Crippen LogP) is 2.15. The number of benzene rings is 1. The quantitative estimate of drug-likeness (QED) is 0.513. The van der Waals surface area contributed by atoms with E-state index in [2.05, 4.69) is 54.1 Å². The number of aliphatic imine (C=N–C) groups is 1. The van der Waals surface area contributed by atoms with Gasteiger partial charge in [-0.1, -0.05) is 30.3 Å². The van der Waals surface area contributed by atoms with E-state index in [9.17, 15) is 0 Å². The van der Waals surface area contributed by atoms with Crippen molar-refractivity contribution in [2.24, 2.45) is 4.99 Å². The Morgan fingerprint density at radius 3 is 2.52 bits per heavy atom. The van der Waals surface area contributed by atoms with Crippen LogP contribution < -0.4 is 10.2 Å². The van der Waals surface area contributed by atoms with Gasteiger partial charge in [-0.25, -0.2) is 19.9 Å². The second-order valence-electron chi connectivity index (χ2n) is 6.80. The van der Waals surface area contributed by atoms with Crippen molar-refractivity contribution in [3.05, 3.63) is 60.8 Å². The van der Waals surface area contributed by atoms with E-state index in [1.807, 2.05) is 30.5 Å². The molecule has 0 radical (unpaired) electrons. The standard InChI is InChI=1S/C21H26N8/c1-2-22-20(28-11-13-29(14-12-28)21-23-9-6-10-24-21)26-16-19-25-15-18(27-19)17-7-4-3-5-8-17/h3-10,15H,2,11-14,16H2,1H3,(H,22,26)(H,25,27). The van der Waals surface area contributed by atoms with Crippen molar-refractivity contribution in [2.45, 2.75) is 13.5 Å². The number of guanidine groups is 1. The third kappa shape index (κ3) is 4.71. The lowest BCUT2D eigenvalue weighted by Crippen LogP contribution is -2.53. The minimum Gasteiger partial charge on any atom is -0.357 e. The maximum atomic E-state index is 4.80. The molecular weight excluding hydrogens is 364 g/mol. The van der Waals surface area contributed by atoms with Gasteiger partial charge in [0.25, 0.3) is 0 Å². The van der Waals surface area contributed by atoms with Gasteiger partial charge >= 0.3 is 0 Å². The highest BCUT2D eigenvalue weighted by molar-refractivity contribution is 5.80. The Morgan fingerprint density at radius 1 is 1.03 bits per heavy atom. The summed E-state index contributed by atoms with van der Waals surface area (Å²) in [6.07, 6.45) is 5.44. The fraction of sp³-hybridized carbons (Fsp3) is 0.333. The summed E-state index contributed by atoms with van der Waals surface area (Å²) in [5, 5.41) is 3.40. The Bertz CT molecular complexity index is 914. The van der Waals surface area contributed by atoms with Gasteiger partial charge in [0, 0.05) is 45.1 Å². The summed E-state index contributed by atoms with van der Waals surface area (Å²) >= 11 is 0. The van der Waals surface area contributed by atoms with Crippen molar-refractivity contribution in [3.63, 3.8) is 0 Å². The molecular formula is C21H26N8. The van der Waals surface area contributed by atoms with Gasteiger partial charge in [0.05, 0.1) is 11.9 Å². The number of nitrogens with one attached hydrogen (secondary N) is 2. The molecule has 1 saturated heterocycles. The Labute approximate surface area is 170 Å². The zero-order valence-corrected chi connectivity index (χ0v) is 16.6. The van der Waals surface area contributed by atoms with Crippen LogP contribution in [-0.4, -0.2) is 63.5 Å². The van der Waals surface area contributed by atoms with Crippen molar-refractivity contribution < 1.29 is 0 Å². The van der Waals surface area contributed by atoms with E-state index in [1.54, 1.807) is 12.4 Å². The van der Waals surface area contributed by atoms with Gasteiger partial charge in [0.1, 0.15) is 12.4 Å². The van der Waals surface area contributed by atoms with E-state index >= 15 is 0 Å². The molecule has 0 spiro atoms. The molecule has 29 heavy (non-hydrogen) atoms. The highest BCUT2D eigenvalue weighted by Gasteiger charge is 2.21. The molecule has 8 nitrogen and oxygen atoms in total. The van der Waals surface area contributed by atoms with Gasteiger partial charge in [-0.3, -0.25) is 0 Å². The van der Waals surface area contributed by atoms with E-state index in [-0.39, 0.29) is 0 Å². The normalized spacial score (nSPS) is 14.9. The smallest absolute Gasteiger partial charge is 0.225 e. The monoisotopic (exact) mass is 390 g/mol. The third-order valence-electron chi connectivity index (χ3n) is 4.84. The lowest BCUT2D eigenvalue weighted by Gasteiger charge is -2.36. The van der Waals surface area contributed by atoms with Crippen molar-refractivity contribution in [1.29, 1.82) is 0 Å². The first-order chi connectivity index (χ1) is 14.3. The summed E-state index contributed by atoms with van der Waals surface area (Å²) in [6, 6.07) is 12.0. The molecule has 2 aromatic heterocycles. The SMILES string of the molecule is CCNC(=NCc1ncc(-c2ccccc2)[nH]1)N1CCN(c2ncccn2)CC1. The van der Waals surface area contributed by atoms with Crippen molar-refractivity contribution >= 4 is 11.9 Å². The van der Waals surface area contributed by atoms with E-state index < -0.39 is 0 Å². The minimum absolute atomic E-state index is 0.511. The highest BCUT2D eigenvalue weighted by atomic mass is 15.4. The molecule has 0 bridgehead atoms. The van der Waals surface area contributed by atoms with Gasteiger partial charge in [-0.2, -0.15) is 0 Å². The van der Waals surface area contributed by atoms with Crippen LogP contribution in [0.2, 0.25) is 0 Å². The molecule has 0 aliphatic carbocycles. The zero-order chi connectivity index (χ0) is 19.9. The Kier molecular flexibility index (Phi) is 5.99. The molecule has 1 aliphatic rings. The van der Waals surface area contributed by atoms with Gasteiger partial charge in [0.15, 0.2) is 5.96 Å². The van der Waals surface area contributed by atoms with Gasteiger partial charge in [0.2, 0.25) is 5.95 Å². The first-order valence-corrected chi connectivity index (χ1v) is 9.98. The first kappa shape index (κ1) is 18.9. The topological polar surface area (TPSA) is 85.3 Å². The molecule has 0 saturated carbocycles. The fourth-order valence-corrected chi connectivity index (χ4v) is 3.36. The summed E-state index contributed by atoms with van der Waals surface area (Å²) in [7, 11) is 0. The lowest BCUT2D eigenvalue weighted by atomic mass is 10.2. The fourth-order valence-electron chi connectivity index (χ4n) is 3.36. The van der Waals surface area contributed by atoms with Crippen molar-refractivity contribution in [1.82, 2.24) is 30.2 Å². The molecule has 8 heteroatoms. The number of aromatic amines is 1. The molecule has 1 aromatic carbocycles. The predicted molar refractivity (Wildman–Crippen MR) is 115 cm³/mol. The number of rotatable bonds is 5. The average molecular weight is 390 g/mol. The maximum absolute atomic E-state index is 4.80. The second kappa shape index (κ2) is 9.18. The van der Waals surface area contributed by atoms with Gasteiger partial charge in [-0.15, -0.1) is 0 Å². The van der Waals surface area contributed by atoms with E-state index in [0.29, 0.717) is 6.54 Å². The van der Waals surface area contributed by atoms with Crippen LogP contribution in [0.1, 0.15) is 12.7 Å². The molecule has 2 N–H and O–H groups in total. The number of anilines is 1. The van der Waals surface area contributed by atoms with Crippen LogP contribution in [0.4, 0.5) is 5.95 Å². The van der Waals surface area contributed by atoms with E-state index in [0.717, 1.165) is 61.7 Å². The molecule has 0 atom stereocenters. The number of hydrogen-bond acceptors (Lipinski definition) is 5. The molecule has 0 unspecified atom stereocenters. The minimum atomic E-state index is 0.511. The molecule has 4 rings (SSSR count). The molecule has 1 aliphatic heterocycles. The Morgan fingerprint density at radius 2 is 1.79 bits per heavy atom. The van der Waals surface area contributed by atoms with Crippen molar-refractivity contribution in [2.75, 3.05) is 37.6 Å². The van der Waals surface area contributed by atoms with Crippen LogP contribution in [0.5, 0.6) is 0 Å². The van der Waals surface area contributed by atoms with Gasteiger partial charge < -0.3 is 20.1 Å². The second-order valence-corrected chi connectivity index (χ2v) is 6.80. The molecule has 1 fully saturated rings. The third-order valence-corrected chi connectivity index (χ3v) is 4.84. The lowest BCUT2D eigenvalue weighted by molar-refractivity contribution is 0.370. The maximum Gasteiger partial charge on any atom is 0.225 e. The van der Waals surface area contributed by atoms with Crippen LogP contribution in [0.15, 0.2) is 60.0 Å². The summed E-state index contributed by atoms with van der Waals surface area (Å²) < 4.78 is 0. The van der Waals surface area contributed by atoms with Crippen molar-refractivity contribution in [3.8, 4) is 11.3 Å². The summed E-state index contributed by atoms with van der Waals surface area (Å²) in [5.74, 6) is 2.56. The molecule has 3 aromatic rings. The largest absolute Gasteiger partial charge is 0.357 e. The summed E-state index contributed by atoms with van der Waals surface area (Å²) in [6.45, 7) is 6.91. The number of aromatic nitrogens is 4. The summed E-state index contributed by atoms with van der Waals surface area (Å²) in [4.78, 5) is 25.8. The summed E-state index contributed by atoms with van der Waals surface area (Å²) in [5.41, 5.74) is 2.14. The number of H-pyrrole nitrogens is 1. The van der Waals surface area contributed by atoms with Crippen LogP contribution in [-0.2, 0) is 6.54 Å². The van der Waals surface area contributed by atoms with E-state index in [1.165, 1.54) is 0 Å². The molecule has 150 valence electrons. The van der Waals surface area contributed by atoms with Crippen LogP contribution >= 0.6 is 0 Å². The van der Waals surface area contributed by atoms with Crippen LogP contribution in [0.25, 0.3) is 11.3 Å². The van der Waals surface area contributed by atoms with Crippen LogP contribution in [0, 0.1) is 0 Å². The molecule has 3 heterocycles. The number of piperazine rings is 1. The number of imidazole rings is 1. The highest BCUT2D eigenvalue weighted by Crippen LogP contribution is 2.16.